The highest BCUT2D eigenvalue weighted by Gasteiger charge is 2.29. The molecule has 0 radical (unpaired) electrons. The van der Waals surface area contributed by atoms with Crippen LogP contribution in [0.15, 0.2) is 53.4 Å². The molecular formula is C22H27N3O4S. The van der Waals surface area contributed by atoms with Crippen LogP contribution in [-0.2, 0) is 26.0 Å². The van der Waals surface area contributed by atoms with Crippen molar-refractivity contribution in [3.8, 4) is 0 Å². The van der Waals surface area contributed by atoms with Gasteiger partial charge in [-0.05, 0) is 50.1 Å². The van der Waals surface area contributed by atoms with Gasteiger partial charge in [-0.15, -0.1) is 0 Å². The summed E-state index contributed by atoms with van der Waals surface area (Å²) in [5, 5.41) is 2.82. The number of amides is 2. The van der Waals surface area contributed by atoms with Crippen LogP contribution in [0, 0.1) is 6.92 Å². The van der Waals surface area contributed by atoms with Crippen LogP contribution < -0.4 is 11.1 Å². The largest absolute Gasteiger partial charge is 0.368 e. The highest BCUT2D eigenvalue weighted by atomic mass is 32.2. The molecule has 0 aromatic heterocycles. The van der Waals surface area contributed by atoms with Gasteiger partial charge in [0.2, 0.25) is 11.8 Å². The molecule has 160 valence electrons. The number of hydrogen-bond donors (Lipinski definition) is 2. The minimum Gasteiger partial charge on any atom is -0.368 e. The third-order valence-electron chi connectivity index (χ3n) is 5.33. The quantitative estimate of drug-likeness (QED) is 0.669. The number of hydrogen-bond acceptors (Lipinski definition) is 5. The van der Waals surface area contributed by atoms with E-state index in [1.807, 2.05) is 24.0 Å². The van der Waals surface area contributed by atoms with Gasteiger partial charge >= 0.3 is 0 Å². The van der Waals surface area contributed by atoms with Gasteiger partial charge in [0, 0.05) is 18.7 Å². The van der Waals surface area contributed by atoms with Crippen molar-refractivity contribution in [3.05, 3.63) is 59.7 Å². The normalized spacial score (nSPS) is 17.0. The van der Waals surface area contributed by atoms with Gasteiger partial charge in [-0.2, -0.15) is 0 Å². The van der Waals surface area contributed by atoms with E-state index in [1.165, 1.54) is 0 Å². The lowest BCUT2D eigenvalue weighted by Crippen LogP contribution is -2.39. The molecule has 1 unspecified atom stereocenters. The zero-order valence-corrected chi connectivity index (χ0v) is 17.8. The Balaban J connectivity index is 1.63. The molecule has 3 rings (SSSR count). The molecule has 7 nitrogen and oxygen atoms in total. The number of nitrogens with two attached hydrogens (primary N) is 1. The van der Waals surface area contributed by atoms with Crippen molar-refractivity contribution in [2.45, 2.75) is 43.7 Å². The van der Waals surface area contributed by atoms with Gasteiger partial charge in [0.15, 0.2) is 9.84 Å². The molecule has 0 saturated carbocycles. The molecule has 1 aliphatic rings. The van der Waals surface area contributed by atoms with E-state index in [1.54, 1.807) is 36.4 Å². The van der Waals surface area contributed by atoms with Gasteiger partial charge in [0.1, 0.15) is 0 Å². The Morgan fingerprint density at radius 3 is 2.53 bits per heavy atom. The molecule has 30 heavy (non-hydrogen) atoms. The lowest BCUT2D eigenvalue weighted by atomic mass is 10.1. The molecule has 3 N–H and O–H groups in total. The Bertz CT molecular complexity index is 1020. The minimum absolute atomic E-state index is 0.141. The molecule has 2 aromatic rings. The monoisotopic (exact) mass is 429 g/mol. The predicted octanol–water partition coefficient (Wildman–Crippen LogP) is 2.25. The Labute approximate surface area is 177 Å². The van der Waals surface area contributed by atoms with Crippen molar-refractivity contribution in [1.29, 1.82) is 0 Å². The SMILES string of the molecule is Cc1ccc(S(=O)(=O)CCC(=O)Nc2ccccc2CN2CCCC2C(N)=O)cc1. The van der Waals surface area contributed by atoms with Crippen LogP contribution in [0.3, 0.4) is 0 Å². The van der Waals surface area contributed by atoms with Crippen LogP contribution in [-0.4, -0.2) is 43.5 Å². The van der Waals surface area contributed by atoms with E-state index in [9.17, 15) is 18.0 Å². The lowest BCUT2D eigenvalue weighted by Gasteiger charge is -2.23. The van der Waals surface area contributed by atoms with Gasteiger partial charge in [-0.3, -0.25) is 14.5 Å². The molecule has 1 fully saturated rings. The molecular weight excluding hydrogens is 402 g/mol. The van der Waals surface area contributed by atoms with Crippen molar-refractivity contribution in [2.24, 2.45) is 5.73 Å². The van der Waals surface area contributed by atoms with E-state index in [2.05, 4.69) is 5.32 Å². The molecule has 8 heteroatoms. The first kappa shape index (κ1) is 22.0. The first-order chi connectivity index (χ1) is 14.3. The average molecular weight is 430 g/mol. The predicted molar refractivity (Wildman–Crippen MR) is 116 cm³/mol. The summed E-state index contributed by atoms with van der Waals surface area (Å²) in [6.45, 7) is 3.14. The molecule has 1 saturated heterocycles. The highest BCUT2D eigenvalue weighted by molar-refractivity contribution is 7.91. The summed E-state index contributed by atoms with van der Waals surface area (Å²) in [4.78, 5) is 26.3. The number of anilines is 1. The number of benzene rings is 2. The zero-order chi connectivity index (χ0) is 21.7. The molecule has 1 atom stereocenters. The molecule has 0 spiro atoms. The number of primary amides is 1. The molecule has 2 aromatic carbocycles. The summed E-state index contributed by atoms with van der Waals surface area (Å²) in [6.07, 6.45) is 1.50. The fraction of sp³-hybridized carbons (Fsp3) is 0.364. The molecule has 0 aliphatic carbocycles. The van der Waals surface area contributed by atoms with Crippen LogP contribution in [0.25, 0.3) is 0 Å². The molecule has 2 amide bonds. The van der Waals surface area contributed by atoms with Crippen molar-refractivity contribution in [2.75, 3.05) is 17.6 Å². The fourth-order valence-electron chi connectivity index (χ4n) is 3.64. The van der Waals surface area contributed by atoms with Crippen LogP contribution in [0.1, 0.15) is 30.4 Å². The number of carbonyl (C=O) groups excluding carboxylic acids is 2. The maximum absolute atomic E-state index is 12.5. The van der Waals surface area contributed by atoms with Crippen molar-refractivity contribution >= 4 is 27.3 Å². The number of rotatable bonds is 8. The number of carbonyl (C=O) groups is 2. The minimum atomic E-state index is -3.53. The van der Waals surface area contributed by atoms with Crippen LogP contribution >= 0.6 is 0 Å². The number of aryl methyl sites for hydroxylation is 1. The summed E-state index contributed by atoms with van der Waals surface area (Å²) < 4.78 is 24.9. The summed E-state index contributed by atoms with van der Waals surface area (Å²) in [7, 11) is -3.53. The highest BCUT2D eigenvalue weighted by Crippen LogP contribution is 2.24. The van der Waals surface area contributed by atoms with E-state index in [0.29, 0.717) is 12.2 Å². The first-order valence-electron chi connectivity index (χ1n) is 9.97. The Morgan fingerprint density at radius 1 is 1.13 bits per heavy atom. The lowest BCUT2D eigenvalue weighted by molar-refractivity contribution is -0.122. The second kappa shape index (κ2) is 9.40. The third-order valence-corrected chi connectivity index (χ3v) is 7.07. The number of likely N-dealkylation sites (tertiary alicyclic amines) is 1. The van der Waals surface area contributed by atoms with Gasteiger partial charge < -0.3 is 11.1 Å². The van der Waals surface area contributed by atoms with Crippen molar-refractivity contribution in [1.82, 2.24) is 4.90 Å². The number of nitrogens with one attached hydrogen (secondary N) is 1. The first-order valence-corrected chi connectivity index (χ1v) is 11.6. The van der Waals surface area contributed by atoms with Crippen molar-refractivity contribution < 1.29 is 18.0 Å². The summed E-state index contributed by atoms with van der Waals surface area (Å²) in [5.41, 5.74) is 7.94. The van der Waals surface area contributed by atoms with Crippen LogP contribution in [0.4, 0.5) is 5.69 Å². The maximum Gasteiger partial charge on any atom is 0.234 e. The number of nitrogens with zero attached hydrogens (tertiary/aromatic N) is 1. The molecule has 0 bridgehead atoms. The molecule has 1 aliphatic heterocycles. The van der Waals surface area contributed by atoms with E-state index < -0.39 is 9.84 Å². The zero-order valence-electron chi connectivity index (χ0n) is 17.0. The Hall–Kier alpha value is -2.71. The molecule has 1 heterocycles. The Morgan fingerprint density at radius 2 is 1.83 bits per heavy atom. The van der Waals surface area contributed by atoms with Gasteiger partial charge in [-0.1, -0.05) is 35.9 Å². The standard InChI is InChI=1S/C22H27N3O4S/c1-16-8-10-18(11-9-16)30(28,29)14-12-21(26)24-19-6-3-2-5-17(19)15-25-13-4-7-20(25)22(23)27/h2-3,5-6,8-11,20H,4,7,12-15H2,1H3,(H2,23,27)(H,24,26). The second-order valence-electron chi connectivity index (χ2n) is 7.62. The number of para-hydroxylation sites is 1. The summed E-state index contributed by atoms with van der Waals surface area (Å²) in [5.74, 6) is -0.971. The summed E-state index contributed by atoms with van der Waals surface area (Å²) in [6, 6.07) is 13.6. The van der Waals surface area contributed by atoms with Crippen LogP contribution in [0.5, 0.6) is 0 Å². The van der Waals surface area contributed by atoms with E-state index >= 15 is 0 Å². The van der Waals surface area contributed by atoms with Crippen LogP contribution in [0.2, 0.25) is 0 Å². The van der Waals surface area contributed by atoms with Crippen molar-refractivity contribution in [3.63, 3.8) is 0 Å². The Kier molecular flexibility index (Phi) is 6.89. The number of sulfone groups is 1. The summed E-state index contributed by atoms with van der Waals surface area (Å²) >= 11 is 0. The van der Waals surface area contributed by atoms with Gasteiger partial charge in [-0.25, -0.2) is 8.42 Å². The fourth-order valence-corrected chi connectivity index (χ4v) is 4.88. The second-order valence-corrected chi connectivity index (χ2v) is 9.73. The van der Waals surface area contributed by atoms with E-state index in [4.69, 9.17) is 5.73 Å². The maximum atomic E-state index is 12.5. The topological polar surface area (TPSA) is 110 Å². The smallest absolute Gasteiger partial charge is 0.234 e. The van der Waals surface area contributed by atoms with Gasteiger partial charge in [0.05, 0.1) is 16.7 Å². The van der Waals surface area contributed by atoms with Gasteiger partial charge in [0.25, 0.3) is 0 Å². The van der Waals surface area contributed by atoms with E-state index in [-0.39, 0.29) is 34.9 Å². The average Bonchev–Trinajstić information content (AvgIpc) is 3.17. The van der Waals surface area contributed by atoms with E-state index in [0.717, 1.165) is 30.5 Å². The third kappa shape index (κ3) is 5.46.